The zero-order valence-corrected chi connectivity index (χ0v) is 16.1. The maximum absolute atomic E-state index is 5.61. The van der Waals surface area contributed by atoms with E-state index in [2.05, 4.69) is 63.3 Å². The van der Waals surface area contributed by atoms with E-state index in [0.717, 1.165) is 38.6 Å². The largest absolute Gasteiger partial charge is 0.380 e. The molecule has 0 amide bonds. The lowest BCUT2D eigenvalue weighted by atomic mass is 10.1. The first-order valence-corrected chi connectivity index (χ1v) is 9.23. The third-order valence-corrected chi connectivity index (χ3v) is 4.01. The molecule has 26 heavy (non-hydrogen) atoms. The van der Waals surface area contributed by atoms with Gasteiger partial charge in [-0.1, -0.05) is 38.1 Å². The van der Waals surface area contributed by atoms with Gasteiger partial charge in [-0.3, -0.25) is 4.99 Å². The molecule has 6 heteroatoms. The van der Waals surface area contributed by atoms with E-state index in [1.54, 1.807) is 13.2 Å². The standard InChI is InChI=1S/C20H31N5O/c1-17(2)8-12-26-13-10-23-20(21-3)24-14-18-4-6-19(7-5-18)15-25-11-9-22-16-25/h4-7,9,11,16-17H,8,10,12-15H2,1-3H3,(H2,21,23,24). The highest BCUT2D eigenvalue weighted by molar-refractivity contribution is 5.79. The summed E-state index contributed by atoms with van der Waals surface area (Å²) in [5.74, 6) is 1.48. The molecule has 0 aliphatic heterocycles. The van der Waals surface area contributed by atoms with Gasteiger partial charge in [-0.25, -0.2) is 4.98 Å². The van der Waals surface area contributed by atoms with Gasteiger partial charge in [0.15, 0.2) is 5.96 Å². The monoisotopic (exact) mass is 357 g/mol. The third kappa shape index (κ3) is 7.70. The lowest BCUT2D eigenvalue weighted by molar-refractivity contribution is 0.128. The van der Waals surface area contributed by atoms with Crippen molar-refractivity contribution < 1.29 is 4.74 Å². The molecule has 0 aliphatic rings. The molecule has 1 heterocycles. The van der Waals surface area contributed by atoms with Crippen molar-refractivity contribution in [1.29, 1.82) is 0 Å². The zero-order valence-electron chi connectivity index (χ0n) is 16.1. The van der Waals surface area contributed by atoms with Crippen LogP contribution in [0.3, 0.4) is 0 Å². The van der Waals surface area contributed by atoms with Crippen molar-refractivity contribution in [2.45, 2.75) is 33.4 Å². The molecule has 0 saturated heterocycles. The van der Waals surface area contributed by atoms with E-state index in [0.29, 0.717) is 12.5 Å². The van der Waals surface area contributed by atoms with Gasteiger partial charge in [-0.05, 0) is 23.5 Å². The van der Waals surface area contributed by atoms with Crippen LogP contribution < -0.4 is 10.6 Å². The van der Waals surface area contributed by atoms with Crippen LogP contribution in [0.5, 0.6) is 0 Å². The van der Waals surface area contributed by atoms with Gasteiger partial charge in [0.2, 0.25) is 0 Å². The van der Waals surface area contributed by atoms with Crippen molar-refractivity contribution in [2.75, 3.05) is 26.8 Å². The summed E-state index contributed by atoms with van der Waals surface area (Å²) in [5, 5.41) is 6.60. The van der Waals surface area contributed by atoms with Crippen molar-refractivity contribution >= 4 is 5.96 Å². The molecule has 6 nitrogen and oxygen atoms in total. The van der Waals surface area contributed by atoms with Gasteiger partial charge in [0.1, 0.15) is 0 Å². The van der Waals surface area contributed by atoms with Crippen LogP contribution in [-0.4, -0.2) is 42.3 Å². The van der Waals surface area contributed by atoms with E-state index < -0.39 is 0 Å². The second kappa shape index (κ2) is 11.3. The van der Waals surface area contributed by atoms with Gasteiger partial charge < -0.3 is 19.9 Å². The number of guanidine groups is 1. The summed E-state index contributed by atoms with van der Waals surface area (Å²) in [6.07, 6.45) is 6.70. The Kier molecular flexibility index (Phi) is 8.69. The molecule has 0 spiro atoms. The van der Waals surface area contributed by atoms with Crippen LogP contribution in [0.2, 0.25) is 0 Å². The maximum Gasteiger partial charge on any atom is 0.191 e. The third-order valence-electron chi connectivity index (χ3n) is 4.01. The Morgan fingerprint density at radius 1 is 1.15 bits per heavy atom. The molecule has 2 N–H and O–H groups in total. The highest BCUT2D eigenvalue weighted by Gasteiger charge is 2.00. The van der Waals surface area contributed by atoms with E-state index >= 15 is 0 Å². The Morgan fingerprint density at radius 2 is 1.92 bits per heavy atom. The number of benzene rings is 1. The van der Waals surface area contributed by atoms with E-state index in [1.807, 2.05) is 12.5 Å². The van der Waals surface area contributed by atoms with Crippen LogP contribution in [-0.2, 0) is 17.8 Å². The molecule has 0 aliphatic carbocycles. The van der Waals surface area contributed by atoms with Crippen LogP contribution in [0.15, 0.2) is 48.0 Å². The fourth-order valence-electron chi connectivity index (χ4n) is 2.42. The van der Waals surface area contributed by atoms with Gasteiger partial charge in [-0.2, -0.15) is 0 Å². The number of nitrogens with one attached hydrogen (secondary N) is 2. The lowest BCUT2D eigenvalue weighted by Gasteiger charge is -2.13. The quantitative estimate of drug-likeness (QED) is 0.390. The molecule has 1 aromatic heterocycles. The number of rotatable bonds is 10. The van der Waals surface area contributed by atoms with Gasteiger partial charge in [0.25, 0.3) is 0 Å². The molecule has 2 aromatic rings. The second-order valence-electron chi connectivity index (χ2n) is 6.70. The molecule has 142 valence electrons. The summed E-state index contributed by atoms with van der Waals surface area (Å²) in [6, 6.07) is 8.58. The van der Waals surface area contributed by atoms with E-state index in [-0.39, 0.29) is 0 Å². The van der Waals surface area contributed by atoms with Gasteiger partial charge >= 0.3 is 0 Å². The van der Waals surface area contributed by atoms with Crippen molar-refractivity contribution in [3.05, 3.63) is 54.1 Å². The summed E-state index contributed by atoms with van der Waals surface area (Å²) in [4.78, 5) is 8.31. The van der Waals surface area contributed by atoms with Crippen molar-refractivity contribution in [1.82, 2.24) is 20.2 Å². The minimum atomic E-state index is 0.684. The number of hydrogen-bond acceptors (Lipinski definition) is 3. The SMILES string of the molecule is CN=C(NCCOCCC(C)C)NCc1ccc(Cn2ccnc2)cc1. The molecule has 0 bridgehead atoms. The number of aliphatic imine (C=N–C) groups is 1. The van der Waals surface area contributed by atoms with Crippen LogP contribution in [0.4, 0.5) is 0 Å². The van der Waals surface area contributed by atoms with Gasteiger partial charge in [0, 0.05) is 45.7 Å². The summed E-state index contributed by atoms with van der Waals surface area (Å²) in [7, 11) is 1.78. The summed E-state index contributed by atoms with van der Waals surface area (Å²) in [5.41, 5.74) is 2.48. The first-order chi connectivity index (χ1) is 12.7. The van der Waals surface area contributed by atoms with E-state index in [1.165, 1.54) is 11.1 Å². The fourth-order valence-corrected chi connectivity index (χ4v) is 2.42. The Morgan fingerprint density at radius 3 is 2.58 bits per heavy atom. The van der Waals surface area contributed by atoms with Crippen molar-refractivity contribution in [3.8, 4) is 0 Å². The second-order valence-corrected chi connectivity index (χ2v) is 6.70. The number of hydrogen-bond donors (Lipinski definition) is 2. The van der Waals surface area contributed by atoms with E-state index in [9.17, 15) is 0 Å². The minimum absolute atomic E-state index is 0.684. The fraction of sp³-hybridized carbons (Fsp3) is 0.500. The first kappa shape index (κ1) is 20.0. The van der Waals surface area contributed by atoms with Gasteiger partial charge in [0.05, 0.1) is 12.9 Å². The predicted octanol–water partition coefficient (Wildman–Crippen LogP) is 2.66. The molecular weight excluding hydrogens is 326 g/mol. The molecule has 2 rings (SSSR count). The number of aromatic nitrogens is 2. The molecular formula is C20H31N5O. The molecule has 0 radical (unpaired) electrons. The minimum Gasteiger partial charge on any atom is -0.380 e. The summed E-state index contributed by atoms with van der Waals surface area (Å²) >= 11 is 0. The normalized spacial score (nSPS) is 11.8. The van der Waals surface area contributed by atoms with Crippen LogP contribution >= 0.6 is 0 Å². The van der Waals surface area contributed by atoms with E-state index in [4.69, 9.17) is 4.74 Å². The predicted molar refractivity (Wildman–Crippen MR) is 106 cm³/mol. The molecule has 0 unspecified atom stereocenters. The topological polar surface area (TPSA) is 63.5 Å². The number of nitrogens with zero attached hydrogens (tertiary/aromatic N) is 3. The summed E-state index contributed by atoms with van der Waals surface area (Å²) in [6.45, 7) is 8.25. The van der Waals surface area contributed by atoms with Gasteiger partial charge in [-0.15, -0.1) is 0 Å². The molecule has 0 saturated carbocycles. The van der Waals surface area contributed by atoms with Crippen molar-refractivity contribution in [2.24, 2.45) is 10.9 Å². The Hall–Kier alpha value is -2.34. The number of imidazole rings is 1. The maximum atomic E-state index is 5.61. The zero-order chi connectivity index (χ0) is 18.6. The Bertz CT molecular complexity index is 635. The molecule has 0 fully saturated rings. The highest BCUT2D eigenvalue weighted by atomic mass is 16.5. The first-order valence-electron chi connectivity index (χ1n) is 9.23. The van der Waals surface area contributed by atoms with Crippen LogP contribution in [0.25, 0.3) is 0 Å². The average Bonchev–Trinajstić information content (AvgIpc) is 3.14. The average molecular weight is 358 g/mol. The Labute approximate surface area is 156 Å². The molecule has 0 atom stereocenters. The summed E-state index contributed by atoms with van der Waals surface area (Å²) < 4.78 is 7.66. The highest BCUT2D eigenvalue weighted by Crippen LogP contribution is 2.06. The van der Waals surface area contributed by atoms with Crippen LogP contribution in [0, 0.1) is 5.92 Å². The Balaban J connectivity index is 1.66. The van der Waals surface area contributed by atoms with Crippen molar-refractivity contribution in [3.63, 3.8) is 0 Å². The molecule has 1 aromatic carbocycles. The lowest BCUT2D eigenvalue weighted by Crippen LogP contribution is -2.38. The van der Waals surface area contributed by atoms with Crippen LogP contribution in [0.1, 0.15) is 31.4 Å². The smallest absolute Gasteiger partial charge is 0.191 e. The number of ether oxygens (including phenoxy) is 1.